The highest BCUT2D eigenvalue weighted by Crippen LogP contribution is 2.33. The second-order valence-electron chi connectivity index (χ2n) is 7.75. The Morgan fingerprint density at radius 3 is 2.14 bits per heavy atom. The zero-order valence-electron chi connectivity index (χ0n) is 18.3. The van der Waals surface area contributed by atoms with Crippen LogP contribution in [-0.4, -0.2) is 22.9 Å². The van der Waals surface area contributed by atoms with E-state index in [0.29, 0.717) is 18.7 Å². The second-order valence-corrected chi connectivity index (χ2v) is 7.75. The minimum atomic E-state index is -0.450. The van der Waals surface area contributed by atoms with Gasteiger partial charge in [0.15, 0.2) is 5.75 Å². The molecule has 0 spiro atoms. The first-order chi connectivity index (χ1) is 14.1. The first-order valence-corrected chi connectivity index (χ1v) is 11.2. The van der Waals surface area contributed by atoms with Gasteiger partial charge in [-0.15, -0.1) is 0 Å². The number of unbranched alkanes of at least 4 members (excludes halogenated alkanes) is 8. The van der Waals surface area contributed by atoms with E-state index in [1.807, 2.05) is 18.2 Å². The standard InChI is InChI=1S/C24H37NO4/c1-4-6-8-10-11-13-16-28-19-14-15-20-21(18-19)25(3)24(27)22(26)23(20)29-17-12-9-7-5-2/h14-15,18,26H,4-13,16-17H2,1-3H3. The maximum atomic E-state index is 12.4. The molecule has 0 amide bonds. The molecule has 0 aliphatic heterocycles. The highest BCUT2D eigenvalue weighted by Gasteiger charge is 2.16. The maximum absolute atomic E-state index is 12.4. The Hall–Kier alpha value is -2.17. The van der Waals surface area contributed by atoms with Crippen LogP contribution in [0.2, 0.25) is 0 Å². The van der Waals surface area contributed by atoms with Gasteiger partial charge in [-0.3, -0.25) is 4.79 Å². The van der Waals surface area contributed by atoms with Crippen LogP contribution in [0.1, 0.15) is 78.1 Å². The fourth-order valence-electron chi connectivity index (χ4n) is 3.49. The third kappa shape index (κ3) is 6.69. The normalized spacial score (nSPS) is 11.1. The molecule has 0 aliphatic rings. The van der Waals surface area contributed by atoms with Crippen molar-refractivity contribution in [1.29, 1.82) is 0 Å². The van der Waals surface area contributed by atoms with Crippen molar-refractivity contribution < 1.29 is 14.6 Å². The number of rotatable bonds is 14. The van der Waals surface area contributed by atoms with Gasteiger partial charge in [0.2, 0.25) is 5.75 Å². The first kappa shape index (κ1) is 23.1. The Morgan fingerprint density at radius 2 is 1.45 bits per heavy atom. The van der Waals surface area contributed by atoms with E-state index in [0.717, 1.165) is 43.2 Å². The fourth-order valence-corrected chi connectivity index (χ4v) is 3.49. The smallest absolute Gasteiger partial charge is 0.296 e. The Balaban J connectivity index is 2.05. The SMILES string of the molecule is CCCCCCCCOc1ccc2c(OCCCCCC)c(O)c(=O)n(C)c2c1. The molecule has 2 aromatic rings. The Bertz CT molecular complexity index is 813. The largest absolute Gasteiger partial charge is 0.500 e. The lowest BCUT2D eigenvalue weighted by molar-refractivity contribution is 0.290. The summed E-state index contributed by atoms with van der Waals surface area (Å²) < 4.78 is 13.2. The lowest BCUT2D eigenvalue weighted by Gasteiger charge is -2.15. The number of aryl methyl sites for hydroxylation is 1. The lowest BCUT2D eigenvalue weighted by atomic mass is 10.1. The number of aromatic hydroxyl groups is 1. The van der Waals surface area contributed by atoms with E-state index in [1.165, 1.54) is 36.7 Å². The Kier molecular flexibility index (Phi) is 9.89. The number of ether oxygens (including phenoxy) is 2. The highest BCUT2D eigenvalue weighted by atomic mass is 16.5. The van der Waals surface area contributed by atoms with E-state index in [9.17, 15) is 9.90 Å². The molecule has 0 unspecified atom stereocenters. The number of fused-ring (bicyclic) bond motifs is 1. The molecule has 0 aliphatic carbocycles. The monoisotopic (exact) mass is 403 g/mol. The van der Waals surface area contributed by atoms with Crippen LogP contribution in [-0.2, 0) is 7.05 Å². The van der Waals surface area contributed by atoms with E-state index in [4.69, 9.17) is 9.47 Å². The minimum Gasteiger partial charge on any atom is -0.500 e. The van der Waals surface area contributed by atoms with E-state index < -0.39 is 5.56 Å². The number of pyridine rings is 1. The zero-order chi connectivity index (χ0) is 21.1. The molecule has 0 bridgehead atoms. The summed E-state index contributed by atoms with van der Waals surface area (Å²) in [6.45, 7) is 5.54. The number of nitrogens with zero attached hydrogens (tertiary/aromatic N) is 1. The van der Waals surface area contributed by atoms with Gasteiger partial charge in [0.25, 0.3) is 5.56 Å². The fraction of sp³-hybridized carbons (Fsp3) is 0.625. The van der Waals surface area contributed by atoms with Crippen LogP contribution in [0, 0.1) is 0 Å². The van der Waals surface area contributed by atoms with Crippen LogP contribution in [0.15, 0.2) is 23.0 Å². The molecule has 0 saturated heterocycles. The van der Waals surface area contributed by atoms with E-state index in [1.54, 1.807) is 7.05 Å². The van der Waals surface area contributed by atoms with Crippen LogP contribution < -0.4 is 15.0 Å². The molecule has 0 saturated carbocycles. The van der Waals surface area contributed by atoms with Crippen molar-refractivity contribution >= 4 is 10.9 Å². The molecule has 1 N–H and O–H groups in total. The number of hydrogen-bond donors (Lipinski definition) is 1. The van der Waals surface area contributed by atoms with Crippen molar-refractivity contribution in [3.63, 3.8) is 0 Å². The zero-order valence-corrected chi connectivity index (χ0v) is 18.3. The molecule has 0 radical (unpaired) electrons. The quantitative estimate of drug-likeness (QED) is 0.396. The van der Waals surface area contributed by atoms with Crippen LogP contribution in [0.4, 0.5) is 0 Å². The molecule has 1 aromatic carbocycles. The van der Waals surface area contributed by atoms with Crippen molar-refractivity contribution in [3.05, 3.63) is 28.6 Å². The molecule has 0 atom stereocenters. The summed E-state index contributed by atoms with van der Waals surface area (Å²) >= 11 is 0. The lowest BCUT2D eigenvalue weighted by Crippen LogP contribution is -2.18. The summed E-state index contributed by atoms with van der Waals surface area (Å²) in [6, 6.07) is 5.61. The molecule has 162 valence electrons. The average molecular weight is 404 g/mol. The van der Waals surface area contributed by atoms with Gasteiger partial charge in [0.1, 0.15) is 5.75 Å². The third-order valence-corrected chi connectivity index (χ3v) is 5.31. The minimum absolute atomic E-state index is 0.280. The summed E-state index contributed by atoms with van der Waals surface area (Å²) in [4.78, 5) is 12.4. The molecular weight excluding hydrogens is 366 g/mol. The second kappa shape index (κ2) is 12.4. The highest BCUT2D eigenvalue weighted by molar-refractivity contribution is 5.88. The van der Waals surface area contributed by atoms with Gasteiger partial charge in [-0.1, -0.05) is 65.2 Å². The average Bonchev–Trinajstić information content (AvgIpc) is 2.73. The number of hydrogen-bond acceptors (Lipinski definition) is 4. The molecule has 0 fully saturated rings. The van der Waals surface area contributed by atoms with Crippen molar-refractivity contribution in [3.8, 4) is 17.2 Å². The van der Waals surface area contributed by atoms with Crippen LogP contribution in [0.3, 0.4) is 0 Å². The topological polar surface area (TPSA) is 60.7 Å². The van der Waals surface area contributed by atoms with Gasteiger partial charge in [-0.25, -0.2) is 0 Å². The van der Waals surface area contributed by atoms with Crippen molar-refractivity contribution in [2.24, 2.45) is 7.05 Å². The molecule has 29 heavy (non-hydrogen) atoms. The van der Waals surface area contributed by atoms with E-state index >= 15 is 0 Å². The third-order valence-electron chi connectivity index (χ3n) is 5.31. The van der Waals surface area contributed by atoms with Gasteiger partial charge in [0, 0.05) is 18.5 Å². The van der Waals surface area contributed by atoms with E-state index in [2.05, 4.69) is 13.8 Å². The number of benzene rings is 1. The van der Waals surface area contributed by atoms with Crippen LogP contribution in [0.25, 0.3) is 10.9 Å². The summed E-state index contributed by atoms with van der Waals surface area (Å²) in [5, 5.41) is 11.0. The first-order valence-electron chi connectivity index (χ1n) is 11.2. The van der Waals surface area contributed by atoms with Crippen LogP contribution in [0.5, 0.6) is 17.2 Å². The van der Waals surface area contributed by atoms with Gasteiger partial charge in [-0.05, 0) is 25.0 Å². The Morgan fingerprint density at radius 1 is 0.862 bits per heavy atom. The summed E-state index contributed by atoms with van der Waals surface area (Å²) in [7, 11) is 1.66. The molecular formula is C24H37NO4. The summed E-state index contributed by atoms with van der Waals surface area (Å²) in [5.41, 5.74) is 0.255. The molecule has 1 aromatic heterocycles. The maximum Gasteiger partial charge on any atom is 0.296 e. The van der Waals surface area contributed by atoms with Gasteiger partial charge < -0.3 is 19.1 Å². The van der Waals surface area contributed by atoms with Crippen LogP contribution >= 0.6 is 0 Å². The van der Waals surface area contributed by atoms with E-state index in [-0.39, 0.29) is 11.5 Å². The van der Waals surface area contributed by atoms with Gasteiger partial charge in [0.05, 0.1) is 18.7 Å². The van der Waals surface area contributed by atoms with Crippen molar-refractivity contribution in [2.75, 3.05) is 13.2 Å². The molecule has 5 nitrogen and oxygen atoms in total. The Labute approximate surface area is 174 Å². The molecule has 2 rings (SSSR count). The summed E-state index contributed by atoms with van der Waals surface area (Å²) in [5.74, 6) is 0.693. The molecule has 5 heteroatoms. The van der Waals surface area contributed by atoms with Crippen molar-refractivity contribution in [1.82, 2.24) is 4.57 Å². The van der Waals surface area contributed by atoms with Crippen molar-refractivity contribution in [2.45, 2.75) is 78.1 Å². The predicted octanol–water partition coefficient (Wildman–Crippen LogP) is 5.94. The summed E-state index contributed by atoms with van der Waals surface area (Å²) in [6.07, 6.45) is 11.6. The number of aromatic nitrogens is 1. The van der Waals surface area contributed by atoms with Gasteiger partial charge in [-0.2, -0.15) is 0 Å². The van der Waals surface area contributed by atoms with Gasteiger partial charge >= 0.3 is 0 Å². The predicted molar refractivity (Wildman–Crippen MR) is 119 cm³/mol. The molecule has 1 heterocycles.